The van der Waals surface area contributed by atoms with Crippen molar-refractivity contribution < 1.29 is 13.0 Å². The molecule has 0 atom stereocenters. The maximum absolute atomic E-state index is 11.5. The van der Waals surface area contributed by atoms with Crippen LogP contribution < -0.4 is 5.56 Å². The van der Waals surface area contributed by atoms with Gasteiger partial charge in [0.25, 0.3) is 5.56 Å². The van der Waals surface area contributed by atoms with Crippen LogP contribution in [0.5, 0.6) is 0 Å². The van der Waals surface area contributed by atoms with Gasteiger partial charge in [0.05, 0.1) is 11.9 Å². The first-order valence-electron chi connectivity index (χ1n) is 4.60. The summed E-state index contributed by atoms with van der Waals surface area (Å²) in [5, 5.41) is 2.31. The Morgan fingerprint density at radius 2 is 2.12 bits per heavy atom. The van der Waals surface area contributed by atoms with Gasteiger partial charge in [0.15, 0.2) is 5.03 Å². The van der Waals surface area contributed by atoms with Crippen LogP contribution in [0.1, 0.15) is 5.69 Å². The maximum Gasteiger partial charge on any atom is 0.312 e. The molecule has 2 aromatic rings. The molecule has 0 saturated carbocycles. The van der Waals surface area contributed by atoms with E-state index in [2.05, 4.69) is 10.1 Å². The van der Waals surface area contributed by atoms with Gasteiger partial charge in [-0.2, -0.15) is 8.42 Å². The summed E-state index contributed by atoms with van der Waals surface area (Å²) in [6.07, 6.45) is 1.18. The molecule has 2 N–H and O–H groups in total. The minimum Gasteiger partial charge on any atom is -0.295 e. The highest BCUT2D eigenvalue weighted by Gasteiger charge is 2.11. The summed E-state index contributed by atoms with van der Waals surface area (Å²) < 4.78 is 31.5. The molecule has 0 spiro atoms. The molecule has 0 aliphatic carbocycles. The first-order valence-corrected chi connectivity index (χ1v) is 6.04. The Morgan fingerprint density at radius 3 is 2.53 bits per heavy atom. The third-order valence-corrected chi connectivity index (χ3v) is 2.86. The number of rotatable bonds is 2. The average Bonchev–Trinajstić information content (AvgIpc) is 2.57. The standard InChI is InChI=1S/C9H9N3O4S/c1-6-4-9(13)12(11-6)7-2-3-8(10-5-7)17(14,15)16/h2-5,11H,1H3,(H,14,15,16). The molecule has 8 heteroatoms. The van der Waals surface area contributed by atoms with Crippen molar-refractivity contribution >= 4 is 10.1 Å². The Morgan fingerprint density at radius 1 is 1.41 bits per heavy atom. The van der Waals surface area contributed by atoms with Crippen molar-refractivity contribution in [1.29, 1.82) is 0 Å². The van der Waals surface area contributed by atoms with Crippen LogP contribution >= 0.6 is 0 Å². The van der Waals surface area contributed by atoms with E-state index in [1.165, 1.54) is 23.0 Å². The van der Waals surface area contributed by atoms with Crippen molar-refractivity contribution in [3.05, 3.63) is 40.4 Å². The van der Waals surface area contributed by atoms with E-state index in [-0.39, 0.29) is 5.56 Å². The van der Waals surface area contributed by atoms with Crippen LogP contribution in [0.3, 0.4) is 0 Å². The molecule has 17 heavy (non-hydrogen) atoms. The Balaban J connectivity index is 2.50. The van der Waals surface area contributed by atoms with E-state index < -0.39 is 15.1 Å². The summed E-state index contributed by atoms with van der Waals surface area (Å²) in [6, 6.07) is 3.89. The minimum absolute atomic E-state index is 0.274. The Bertz CT molecular complexity index is 697. The van der Waals surface area contributed by atoms with Crippen molar-refractivity contribution in [3.63, 3.8) is 0 Å². The summed E-state index contributed by atoms with van der Waals surface area (Å²) >= 11 is 0. The highest BCUT2D eigenvalue weighted by Crippen LogP contribution is 2.08. The zero-order chi connectivity index (χ0) is 12.6. The molecule has 0 saturated heterocycles. The largest absolute Gasteiger partial charge is 0.312 e. The normalized spacial score (nSPS) is 11.6. The van der Waals surface area contributed by atoms with Crippen molar-refractivity contribution in [2.45, 2.75) is 11.9 Å². The van der Waals surface area contributed by atoms with Crippen molar-refractivity contribution in [1.82, 2.24) is 14.8 Å². The molecular formula is C9H9N3O4S. The fourth-order valence-corrected chi connectivity index (χ4v) is 1.79. The Labute approximate surface area is 96.5 Å². The van der Waals surface area contributed by atoms with Gasteiger partial charge in [-0.3, -0.25) is 14.4 Å². The van der Waals surface area contributed by atoms with Crippen LogP contribution in [0.25, 0.3) is 5.69 Å². The number of aromatic nitrogens is 3. The van der Waals surface area contributed by atoms with Gasteiger partial charge in [0.2, 0.25) is 0 Å². The highest BCUT2D eigenvalue weighted by atomic mass is 32.2. The lowest BCUT2D eigenvalue weighted by atomic mass is 10.4. The van der Waals surface area contributed by atoms with Gasteiger partial charge in [-0.1, -0.05) is 0 Å². The molecule has 0 unspecified atom stereocenters. The highest BCUT2D eigenvalue weighted by molar-refractivity contribution is 7.85. The van der Waals surface area contributed by atoms with Gasteiger partial charge >= 0.3 is 10.1 Å². The molecule has 0 aliphatic rings. The number of aryl methyl sites for hydroxylation is 1. The second-order valence-corrected chi connectivity index (χ2v) is 4.81. The Kier molecular flexibility index (Phi) is 2.60. The van der Waals surface area contributed by atoms with Crippen molar-refractivity contribution in [2.24, 2.45) is 0 Å². The predicted octanol–water partition coefficient (Wildman–Crippen LogP) is 0.116. The molecule has 0 amide bonds. The quantitative estimate of drug-likeness (QED) is 0.741. The molecule has 90 valence electrons. The van der Waals surface area contributed by atoms with E-state index in [0.29, 0.717) is 11.4 Å². The van der Waals surface area contributed by atoms with E-state index in [1.807, 2.05) is 0 Å². The summed E-state index contributed by atoms with van der Waals surface area (Å²) in [7, 11) is -4.32. The summed E-state index contributed by atoms with van der Waals surface area (Å²) in [5.74, 6) is 0. The second-order valence-electron chi connectivity index (χ2n) is 3.44. The van der Waals surface area contributed by atoms with Gasteiger partial charge in [0.1, 0.15) is 0 Å². The number of pyridine rings is 1. The molecule has 2 aromatic heterocycles. The molecule has 0 radical (unpaired) electrons. The predicted molar refractivity (Wildman–Crippen MR) is 58.7 cm³/mol. The number of H-pyrrole nitrogens is 1. The van der Waals surface area contributed by atoms with Crippen molar-refractivity contribution in [2.75, 3.05) is 0 Å². The third-order valence-electron chi connectivity index (χ3n) is 2.09. The molecule has 0 aliphatic heterocycles. The Hall–Kier alpha value is -1.93. The number of nitrogens with zero attached hydrogens (tertiary/aromatic N) is 2. The van der Waals surface area contributed by atoms with E-state index >= 15 is 0 Å². The second kappa shape index (κ2) is 3.82. The van der Waals surface area contributed by atoms with Crippen LogP contribution in [0, 0.1) is 6.92 Å². The minimum atomic E-state index is -4.32. The first-order chi connectivity index (χ1) is 7.88. The molecule has 2 rings (SSSR count). The summed E-state index contributed by atoms with van der Waals surface area (Å²) in [5.41, 5.74) is 0.785. The SMILES string of the molecule is Cc1cc(=O)n(-c2ccc(S(=O)(=O)O)nc2)[nH]1. The van der Waals surface area contributed by atoms with Gasteiger partial charge in [-0.05, 0) is 19.1 Å². The van der Waals surface area contributed by atoms with E-state index in [9.17, 15) is 13.2 Å². The lowest BCUT2D eigenvalue weighted by Crippen LogP contribution is -2.14. The van der Waals surface area contributed by atoms with Gasteiger partial charge in [0, 0.05) is 11.8 Å². The topological polar surface area (TPSA) is 105 Å². The summed E-state index contributed by atoms with van der Waals surface area (Å²) in [6.45, 7) is 1.72. The molecule has 0 fully saturated rings. The van der Waals surface area contributed by atoms with Gasteiger partial charge < -0.3 is 0 Å². The zero-order valence-corrected chi connectivity index (χ0v) is 9.60. The van der Waals surface area contributed by atoms with Crippen molar-refractivity contribution in [3.8, 4) is 5.69 Å². The van der Waals surface area contributed by atoms with E-state index in [1.54, 1.807) is 6.92 Å². The van der Waals surface area contributed by atoms with Crippen LogP contribution in [0.2, 0.25) is 0 Å². The molecule has 0 bridgehead atoms. The van der Waals surface area contributed by atoms with E-state index in [4.69, 9.17) is 4.55 Å². The van der Waals surface area contributed by atoms with Crippen LogP contribution in [0.4, 0.5) is 0 Å². The van der Waals surface area contributed by atoms with Gasteiger partial charge in [-0.15, -0.1) is 0 Å². The third kappa shape index (κ3) is 2.27. The smallest absolute Gasteiger partial charge is 0.295 e. The monoisotopic (exact) mass is 255 g/mol. The fraction of sp³-hybridized carbons (Fsp3) is 0.111. The number of hydrogen-bond acceptors (Lipinski definition) is 4. The molecule has 0 aromatic carbocycles. The lowest BCUT2D eigenvalue weighted by Gasteiger charge is -2.01. The van der Waals surface area contributed by atoms with E-state index in [0.717, 1.165) is 6.07 Å². The number of nitrogens with one attached hydrogen (secondary N) is 1. The number of hydrogen-bond donors (Lipinski definition) is 2. The lowest BCUT2D eigenvalue weighted by molar-refractivity contribution is 0.479. The average molecular weight is 255 g/mol. The van der Waals surface area contributed by atoms with Crippen LogP contribution in [-0.4, -0.2) is 27.7 Å². The number of aromatic amines is 1. The maximum atomic E-state index is 11.5. The first kappa shape index (κ1) is 11.6. The molecule has 7 nitrogen and oxygen atoms in total. The van der Waals surface area contributed by atoms with Crippen LogP contribution in [0.15, 0.2) is 34.2 Å². The summed E-state index contributed by atoms with van der Waals surface area (Å²) in [4.78, 5) is 15.0. The van der Waals surface area contributed by atoms with Gasteiger partial charge in [-0.25, -0.2) is 9.67 Å². The fourth-order valence-electron chi connectivity index (χ4n) is 1.36. The molecular weight excluding hydrogens is 246 g/mol. The zero-order valence-electron chi connectivity index (χ0n) is 8.78. The molecule has 2 heterocycles. The van der Waals surface area contributed by atoms with Crippen LogP contribution in [-0.2, 0) is 10.1 Å².